The van der Waals surface area contributed by atoms with E-state index in [1.165, 1.54) is 0 Å². The number of benzene rings is 2. The lowest BCUT2D eigenvalue weighted by atomic mass is 9.82. The van der Waals surface area contributed by atoms with Crippen molar-refractivity contribution in [3.05, 3.63) is 70.8 Å². The highest BCUT2D eigenvalue weighted by Gasteiger charge is 2.25. The van der Waals surface area contributed by atoms with E-state index in [2.05, 4.69) is 5.32 Å². The summed E-state index contributed by atoms with van der Waals surface area (Å²) in [6, 6.07) is 15.3. The van der Waals surface area contributed by atoms with E-state index >= 15 is 0 Å². The van der Waals surface area contributed by atoms with Gasteiger partial charge in [-0.2, -0.15) is 0 Å². The van der Waals surface area contributed by atoms with Gasteiger partial charge in [0.15, 0.2) is 5.78 Å². The SMILES string of the molecule is NC(=O)c1cccc(C(=O)CCc2ccccc2)c1C1CCNCC1. The van der Waals surface area contributed by atoms with E-state index in [1.54, 1.807) is 12.1 Å². The number of nitrogens with two attached hydrogens (primary N) is 1. The molecule has 0 aromatic heterocycles. The Labute approximate surface area is 148 Å². The molecule has 2 aromatic rings. The standard InChI is InChI=1S/C21H24N2O2/c22-21(25)18-8-4-7-17(20(18)16-11-13-23-14-12-16)19(24)10-9-15-5-2-1-3-6-15/h1-8,16,23H,9-14H2,(H2,22,25). The maximum atomic E-state index is 12.9. The van der Waals surface area contributed by atoms with Gasteiger partial charge in [-0.3, -0.25) is 9.59 Å². The molecule has 1 fully saturated rings. The number of primary amides is 1. The minimum atomic E-state index is -0.453. The molecular weight excluding hydrogens is 312 g/mol. The van der Waals surface area contributed by atoms with E-state index in [0.717, 1.165) is 37.1 Å². The Bertz CT molecular complexity index is 750. The third-order valence-electron chi connectivity index (χ3n) is 4.90. The van der Waals surface area contributed by atoms with Crippen molar-refractivity contribution in [3.8, 4) is 0 Å². The first-order valence-electron chi connectivity index (χ1n) is 8.87. The summed E-state index contributed by atoms with van der Waals surface area (Å²) < 4.78 is 0. The van der Waals surface area contributed by atoms with Crippen LogP contribution in [0.5, 0.6) is 0 Å². The van der Waals surface area contributed by atoms with Crippen LogP contribution in [-0.4, -0.2) is 24.8 Å². The third-order valence-corrected chi connectivity index (χ3v) is 4.90. The van der Waals surface area contributed by atoms with Gasteiger partial charge in [-0.1, -0.05) is 42.5 Å². The van der Waals surface area contributed by atoms with E-state index in [-0.39, 0.29) is 11.7 Å². The molecule has 0 radical (unpaired) electrons. The zero-order valence-electron chi connectivity index (χ0n) is 14.3. The zero-order valence-corrected chi connectivity index (χ0v) is 14.3. The molecule has 3 rings (SSSR count). The van der Waals surface area contributed by atoms with Crippen LogP contribution < -0.4 is 11.1 Å². The summed E-state index contributed by atoms with van der Waals surface area (Å²) in [5.74, 6) is -0.160. The molecule has 25 heavy (non-hydrogen) atoms. The molecule has 0 aliphatic carbocycles. The van der Waals surface area contributed by atoms with Gasteiger partial charge in [-0.05, 0) is 55.5 Å². The van der Waals surface area contributed by atoms with Gasteiger partial charge in [0.1, 0.15) is 0 Å². The number of piperidine rings is 1. The maximum Gasteiger partial charge on any atom is 0.249 e. The van der Waals surface area contributed by atoms with E-state index in [9.17, 15) is 9.59 Å². The lowest BCUT2D eigenvalue weighted by molar-refractivity contribution is 0.0981. The molecule has 1 heterocycles. The van der Waals surface area contributed by atoms with Crippen LogP contribution in [0.1, 0.15) is 57.0 Å². The minimum absolute atomic E-state index is 0.0838. The second-order valence-corrected chi connectivity index (χ2v) is 6.56. The summed E-state index contributed by atoms with van der Waals surface area (Å²) in [5, 5.41) is 3.33. The fourth-order valence-electron chi connectivity index (χ4n) is 3.61. The fraction of sp³-hybridized carbons (Fsp3) is 0.333. The van der Waals surface area contributed by atoms with Gasteiger partial charge in [0.2, 0.25) is 5.91 Å². The Kier molecular flexibility index (Phi) is 5.61. The summed E-state index contributed by atoms with van der Waals surface area (Å²) in [6.45, 7) is 1.80. The molecule has 0 saturated carbocycles. The van der Waals surface area contributed by atoms with Crippen LogP contribution in [0, 0.1) is 0 Å². The molecule has 0 bridgehead atoms. The maximum absolute atomic E-state index is 12.9. The highest BCUT2D eigenvalue weighted by atomic mass is 16.1. The molecular formula is C21H24N2O2. The quantitative estimate of drug-likeness (QED) is 0.796. The Hall–Kier alpha value is -2.46. The predicted octanol–water partition coefficient (Wildman–Crippen LogP) is 3.07. The molecule has 4 nitrogen and oxygen atoms in total. The Morgan fingerprint density at radius 2 is 1.64 bits per heavy atom. The predicted molar refractivity (Wildman–Crippen MR) is 98.9 cm³/mol. The van der Waals surface area contributed by atoms with E-state index in [0.29, 0.717) is 24.0 Å². The Morgan fingerprint density at radius 1 is 0.960 bits per heavy atom. The van der Waals surface area contributed by atoms with Crippen LogP contribution in [0.15, 0.2) is 48.5 Å². The normalized spacial score (nSPS) is 15.0. The van der Waals surface area contributed by atoms with Crippen LogP contribution in [0.2, 0.25) is 0 Å². The van der Waals surface area contributed by atoms with Gasteiger partial charge >= 0.3 is 0 Å². The van der Waals surface area contributed by atoms with Crippen molar-refractivity contribution >= 4 is 11.7 Å². The van der Waals surface area contributed by atoms with Crippen molar-refractivity contribution < 1.29 is 9.59 Å². The smallest absolute Gasteiger partial charge is 0.249 e. The number of hydrogen-bond acceptors (Lipinski definition) is 3. The molecule has 130 valence electrons. The Morgan fingerprint density at radius 3 is 2.32 bits per heavy atom. The van der Waals surface area contributed by atoms with Crippen molar-refractivity contribution in [2.45, 2.75) is 31.6 Å². The molecule has 0 atom stereocenters. The van der Waals surface area contributed by atoms with Crippen LogP contribution in [0.25, 0.3) is 0 Å². The largest absolute Gasteiger partial charge is 0.366 e. The van der Waals surface area contributed by atoms with Crippen molar-refractivity contribution in [2.24, 2.45) is 5.73 Å². The number of carbonyl (C=O) groups excluding carboxylic acids is 2. The fourth-order valence-corrected chi connectivity index (χ4v) is 3.61. The summed E-state index contributed by atoms with van der Waals surface area (Å²) in [5.41, 5.74) is 8.75. The Balaban J connectivity index is 1.87. The molecule has 0 spiro atoms. The van der Waals surface area contributed by atoms with E-state index < -0.39 is 5.91 Å². The highest BCUT2D eigenvalue weighted by Crippen LogP contribution is 2.32. The number of Topliss-reactive ketones (excluding diaryl/α,β-unsaturated/α-hetero) is 1. The van der Waals surface area contributed by atoms with Gasteiger partial charge < -0.3 is 11.1 Å². The zero-order chi connectivity index (χ0) is 17.6. The summed E-state index contributed by atoms with van der Waals surface area (Å²) in [4.78, 5) is 24.8. The number of ketones is 1. The van der Waals surface area contributed by atoms with Crippen molar-refractivity contribution in [1.29, 1.82) is 0 Å². The topological polar surface area (TPSA) is 72.2 Å². The number of amides is 1. The van der Waals surface area contributed by atoms with Gasteiger partial charge in [0.05, 0.1) is 0 Å². The number of hydrogen-bond donors (Lipinski definition) is 2. The first kappa shape index (κ1) is 17.4. The molecule has 2 aromatic carbocycles. The molecule has 0 unspecified atom stereocenters. The molecule has 1 aliphatic rings. The number of nitrogens with one attached hydrogen (secondary N) is 1. The van der Waals surface area contributed by atoms with Gasteiger partial charge in [-0.25, -0.2) is 0 Å². The van der Waals surface area contributed by atoms with Crippen LogP contribution in [0.3, 0.4) is 0 Å². The third kappa shape index (κ3) is 4.15. The lowest BCUT2D eigenvalue weighted by Gasteiger charge is -2.26. The minimum Gasteiger partial charge on any atom is -0.366 e. The average molecular weight is 336 g/mol. The number of carbonyl (C=O) groups is 2. The molecule has 1 amide bonds. The number of rotatable bonds is 6. The molecule has 1 aliphatic heterocycles. The average Bonchev–Trinajstić information content (AvgIpc) is 2.67. The van der Waals surface area contributed by atoms with E-state index in [4.69, 9.17) is 5.73 Å². The van der Waals surface area contributed by atoms with Crippen molar-refractivity contribution in [3.63, 3.8) is 0 Å². The second-order valence-electron chi connectivity index (χ2n) is 6.56. The number of aryl methyl sites for hydroxylation is 1. The highest BCUT2D eigenvalue weighted by molar-refractivity contribution is 6.03. The summed E-state index contributed by atoms with van der Waals surface area (Å²) in [6.07, 6.45) is 2.98. The second kappa shape index (κ2) is 8.08. The molecule has 4 heteroatoms. The first-order chi connectivity index (χ1) is 12.2. The van der Waals surface area contributed by atoms with Gasteiger partial charge in [0, 0.05) is 17.5 Å². The molecule has 3 N–H and O–H groups in total. The summed E-state index contributed by atoms with van der Waals surface area (Å²) >= 11 is 0. The van der Waals surface area contributed by atoms with Crippen LogP contribution >= 0.6 is 0 Å². The van der Waals surface area contributed by atoms with Gasteiger partial charge in [-0.15, -0.1) is 0 Å². The lowest BCUT2D eigenvalue weighted by Crippen LogP contribution is -2.29. The van der Waals surface area contributed by atoms with Crippen LogP contribution in [0.4, 0.5) is 0 Å². The van der Waals surface area contributed by atoms with Gasteiger partial charge in [0.25, 0.3) is 0 Å². The molecule has 1 saturated heterocycles. The van der Waals surface area contributed by atoms with Crippen molar-refractivity contribution in [1.82, 2.24) is 5.32 Å². The summed E-state index contributed by atoms with van der Waals surface area (Å²) in [7, 11) is 0. The van der Waals surface area contributed by atoms with E-state index in [1.807, 2.05) is 36.4 Å². The monoisotopic (exact) mass is 336 g/mol. The first-order valence-corrected chi connectivity index (χ1v) is 8.87. The van der Waals surface area contributed by atoms with Crippen molar-refractivity contribution in [2.75, 3.05) is 13.1 Å². The van der Waals surface area contributed by atoms with Crippen LogP contribution in [-0.2, 0) is 6.42 Å².